The van der Waals surface area contributed by atoms with Gasteiger partial charge in [-0.3, -0.25) is 9.59 Å². The summed E-state index contributed by atoms with van der Waals surface area (Å²) in [7, 11) is 1.59. The van der Waals surface area contributed by atoms with Crippen LogP contribution in [0.2, 0.25) is 0 Å². The molecule has 0 bridgehead atoms. The molecule has 4 aromatic rings. The number of pyridine rings is 1. The van der Waals surface area contributed by atoms with Gasteiger partial charge in [-0.2, -0.15) is 0 Å². The van der Waals surface area contributed by atoms with Crippen molar-refractivity contribution in [2.45, 2.75) is 13.3 Å². The molecule has 4 heteroatoms. The molecule has 2 heterocycles. The summed E-state index contributed by atoms with van der Waals surface area (Å²) in [5.41, 5.74) is 4.62. The van der Waals surface area contributed by atoms with E-state index in [1.165, 1.54) is 12.5 Å². The van der Waals surface area contributed by atoms with Crippen molar-refractivity contribution in [1.29, 1.82) is 0 Å². The summed E-state index contributed by atoms with van der Waals surface area (Å²) in [5.74, 6) is 0.496. The van der Waals surface area contributed by atoms with Crippen LogP contribution >= 0.6 is 0 Å². The largest absolute Gasteiger partial charge is 0.497 e. The lowest BCUT2D eigenvalue weighted by Crippen LogP contribution is -2.05. The maximum Gasteiger partial charge on any atom is 0.209 e. The van der Waals surface area contributed by atoms with Crippen LogP contribution in [0.5, 0.6) is 5.75 Å². The minimum absolute atomic E-state index is 0.0619. The normalized spacial score (nSPS) is 10.8. The molecule has 0 unspecified atom stereocenters. The molecule has 144 valence electrons. The van der Waals surface area contributed by atoms with Crippen molar-refractivity contribution in [2.75, 3.05) is 7.11 Å². The maximum atomic E-state index is 13.1. The molecule has 0 saturated carbocycles. The molecule has 4 rings (SSSR count). The number of ether oxygens (including phenoxy) is 1. The average Bonchev–Trinajstić information content (AvgIpc) is 3.13. The highest BCUT2D eigenvalue weighted by Crippen LogP contribution is 2.23. The van der Waals surface area contributed by atoms with Gasteiger partial charge in [-0.25, -0.2) is 0 Å². The molecule has 0 N–H and O–H groups in total. The summed E-state index contributed by atoms with van der Waals surface area (Å²) >= 11 is 0. The standard InChI is InChI=1S/C25H21NO3/c1-17(27)22-16-24(25(28)20-8-10-21(29-2)11-9-20)26-13-12-19(15-23(22)26)14-18-6-4-3-5-7-18/h3-13,15-16H,14H2,1-2H3. The monoisotopic (exact) mass is 383 g/mol. The third kappa shape index (κ3) is 3.69. The molecule has 0 atom stereocenters. The third-order valence-electron chi connectivity index (χ3n) is 5.05. The van der Waals surface area contributed by atoms with E-state index >= 15 is 0 Å². The molecule has 0 aliphatic carbocycles. The number of carbonyl (C=O) groups excluding carboxylic acids is 2. The molecule has 4 nitrogen and oxygen atoms in total. The maximum absolute atomic E-state index is 13.1. The van der Waals surface area contributed by atoms with Gasteiger partial charge in [-0.05, 0) is 66.9 Å². The van der Waals surface area contributed by atoms with Gasteiger partial charge in [0.15, 0.2) is 5.78 Å². The molecule has 29 heavy (non-hydrogen) atoms. The SMILES string of the molecule is COc1ccc(C(=O)c2cc(C(C)=O)c3cc(Cc4ccccc4)ccn23)cc1. The molecule has 0 radical (unpaired) electrons. The van der Waals surface area contributed by atoms with Gasteiger partial charge in [-0.1, -0.05) is 30.3 Å². The van der Waals surface area contributed by atoms with Crippen LogP contribution in [0.3, 0.4) is 0 Å². The summed E-state index contributed by atoms with van der Waals surface area (Å²) in [6, 6.07) is 22.8. The second-order valence-electron chi connectivity index (χ2n) is 7.01. The van der Waals surface area contributed by atoms with Gasteiger partial charge in [0.1, 0.15) is 5.75 Å². The van der Waals surface area contributed by atoms with Crippen molar-refractivity contribution in [3.8, 4) is 5.75 Å². The quantitative estimate of drug-likeness (QED) is 0.442. The fourth-order valence-corrected chi connectivity index (χ4v) is 3.53. The third-order valence-corrected chi connectivity index (χ3v) is 5.05. The molecule has 0 saturated heterocycles. The van der Waals surface area contributed by atoms with Crippen LogP contribution in [0.25, 0.3) is 5.52 Å². The van der Waals surface area contributed by atoms with E-state index in [-0.39, 0.29) is 11.6 Å². The molecule has 0 fully saturated rings. The van der Waals surface area contributed by atoms with Gasteiger partial charge in [0.25, 0.3) is 0 Å². The Hall–Kier alpha value is -3.66. The first-order valence-corrected chi connectivity index (χ1v) is 9.44. The van der Waals surface area contributed by atoms with E-state index in [0.717, 1.165) is 17.5 Å². The number of hydrogen-bond donors (Lipinski definition) is 0. The zero-order valence-electron chi connectivity index (χ0n) is 16.4. The second-order valence-corrected chi connectivity index (χ2v) is 7.01. The fourth-order valence-electron chi connectivity index (χ4n) is 3.53. The molecular formula is C25H21NO3. The Kier molecular flexibility index (Phi) is 5.00. The highest BCUT2D eigenvalue weighted by molar-refractivity contribution is 6.12. The number of fused-ring (bicyclic) bond motifs is 1. The van der Waals surface area contributed by atoms with Gasteiger partial charge < -0.3 is 9.14 Å². The predicted molar refractivity (Wildman–Crippen MR) is 113 cm³/mol. The molecule has 0 aliphatic heterocycles. The molecule has 0 spiro atoms. The zero-order chi connectivity index (χ0) is 20.4. The van der Waals surface area contributed by atoms with E-state index in [2.05, 4.69) is 12.1 Å². The van der Waals surface area contributed by atoms with Crippen molar-refractivity contribution in [2.24, 2.45) is 0 Å². The first-order chi connectivity index (χ1) is 14.1. The van der Waals surface area contributed by atoms with Gasteiger partial charge in [0, 0.05) is 17.3 Å². The van der Waals surface area contributed by atoms with E-state index in [1.807, 2.05) is 36.5 Å². The lowest BCUT2D eigenvalue weighted by molar-refractivity contribution is 0.101. The Morgan fingerprint density at radius 1 is 0.897 bits per heavy atom. The van der Waals surface area contributed by atoms with E-state index in [1.54, 1.807) is 41.8 Å². The number of carbonyl (C=O) groups is 2. The number of nitrogens with zero attached hydrogens (tertiary/aromatic N) is 1. The molecule has 0 aliphatic rings. The number of benzene rings is 2. The molecule has 2 aromatic carbocycles. The summed E-state index contributed by atoms with van der Waals surface area (Å²) in [6.07, 6.45) is 2.64. The van der Waals surface area contributed by atoms with Crippen LogP contribution in [-0.2, 0) is 6.42 Å². The number of ketones is 2. The van der Waals surface area contributed by atoms with Gasteiger partial charge >= 0.3 is 0 Å². The minimum atomic E-state index is -0.133. The number of Topliss-reactive ketones (excluding diaryl/α,β-unsaturated/α-hetero) is 1. The summed E-state index contributed by atoms with van der Waals surface area (Å²) in [6.45, 7) is 1.53. The van der Waals surface area contributed by atoms with E-state index in [0.29, 0.717) is 22.6 Å². The van der Waals surface area contributed by atoms with Crippen LogP contribution in [0.1, 0.15) is 44.5 Å². The number of aromatic nitrogens is 1. The lowest BCUT2D eigenvalue weighted by Gasteiger charge is -2.07. The lowest BCUT2D eigenvalue weighted by atomic mass is 10.0. The van der Waals surface area contributed by atoms with Crippen molar-refractivity contribution >= 4 is 17.1 Å². The van der Waals surface area contributed by atoms with Crippen molar-refractivity contribution in [1.82, 2.24) is 4.40 Å². The highest BCUT2D eigenvalue weighted by Gasteiger charge is 2.19. The Morgan fingerprint density at radius 3 is 2.28 bits per heavy atom. The van der Waals surface area contributed by atoms with Gasteiger partial charge in [0.2, 0.25) is 5.78 Å². The van der Waals surface area contributed by atoms with Crippen LogP contribution in [-0.4, -0.2) is 23.1 Å². The van der Waals surface area contributed by atoms with Crippen molar-refractivity contribution in [3.05, 3.63) is 107 Å². The van der Waals surface area contributed by atoms with E-state index < -0.39 is 0 Å². The predicted octanol–water partition coefficient (Wildman–Crippen LogP) is 4.97. The number of hydrogen-bond acceptors (Lipinski definition) is 3. The number of methoxy groups -OCH3 is 1. The fraction of sp³-hybridized carbons (Fsp3) is 0.120. The smallest absolute Gasteiger partial charge is 0.209 e. The van der Waals surface area contributed by atoms with Crippen molar-refractivity contribution in [3.63, 3.8) is 0 Å². The van der Waals surface area contributed by atoms with Gasteiger partial charge in [-0.15, -0.1) is 0 Å². The average molecular weight is 383 g/mol. The second kappa shape index (κ2) is 7.76. The molecular weight excluding hydrogens is 362 g/mol. The topological polar surface area (TPSA) is 47.8 Å². The Balaban J connectivity index is 1.76. The molecule has 2 aromatic heterocycles. The Bertz CT molecular complexity index is 1190. The molecule has 0 amide bonds. The Labute approximate surface area is 169 Å². The van der Waals surface area contributed by atoms with Crippen LogP contribution < -0.4 is 4.74 Å². The van der Waals surface area contributed by atoms with Crippen LogP contribution in [0.15, 0.2) is 79.0 Å². The highest BCUT2D eigenvalue weighted by atomic mass is 16.5. The Morgan fingerprint density at radius 2 is 1.62 bits per heavy atom. The summed E-state index contributed by atoms with van der Waals surface area (Å²) in [4.78, 5) is 25.3. The number of rotatable bonds is 6. The van der Waals surface area contributed by atoms with Crippen LogP contribution in [0.4, 0.5) is 0 Å². The van der Waals surface area contributed by atoms with E-state index in [9.17, 15) is 9.59 Å². The van der Waals surface area contributed by atoms with Crippen LogP contribution in [0, 0.1) is 0 Å². The van der Waals surface area contributed by atoms with Crippen molar-refractivity contribution < 1.29 is 14.3 Å². The summed E-state index contributed by atoms with van der Waals surface area (Å²) < 4.78 is 6.96. The van der Waals surface area contributed by atoms with E-state index in [4.69, 9.17) is 4.74 Å². The summed E-state index contributed by atoms with van der Waals surface area (Å²) in [5, 5.41) is 0. The first-order valence-electron chi connectivity index (χ1n) is 9.44. The minimum Gasteiger partial charge on any atom is -0.497 e. The zero-order valence-corrected chi connectivity index (χ0v) is 16.4. The van der Waals surface area contributed by atoms with Gasteiger partial charge in [0.05, 0.1) is 18.3 Å². The first kappa shape index (κ1) is 18.7.